The van der Waals surface area contributed by atoms with Crippen molar-refractivity contribution in [3.63, 3.8) is 0 Å². The molecule has 0 aromatic carbocycles. The molecule has 0 spiro atoms. The molecule has 0 N–H and O–H groups in total. The van der Waals surface area contributed by atoms with Crippen molar-refractivity contribution in [2.45, 2.75) is 64.3 Å². The fourth-order valence-corrected chi connectivity index (χ4v) is 6.15. The van der Waals surface area contributed by atoms with Gasteiger partial charge in [-0.25, -0.2) is 0 Å². The quantitative estimate of drug-likeness (QED) is 0.722. The van der Waals surface area contributed by atoms with Crippen LogP contribution in [0, 0.1) is 34.5 Å². The molecular formula is C15H25NOSi. The van der Waals surface area contributed by atoms with E-state index in [4.69, 9.17) is 4.43 Å². The molecule has 0 aromatic rings. The minimum absolute atomic E-state index is 0.127. The van der Waals surface area contributed by atoms with Crippen molar-refractivity contribution < 1.29 is 4.43 Å². The monoisotopic (exact) mass is 263 g/mol. The zero-order valence-electron chi connectivity index (χ0n) is 11.9. The van der Waals surface area contributed by atoms with E-state index in [-0.39, 0.29) is 11.5 Å². The van der Waals surface area contributed by atoms with Gasteiger partial charge in [0.05, 0.1) is 6.07 Å². The van der Waals surface area contributed by atoms with E-state index < -0.39 is 8.32 Å². The number of hydrogen-bond donors (Lipinski definition) is 0. The van der Waals surface area contributed by atoms with E-state index >= 15 is 0 Å². The van der Waals surface area contributed by atoms with E-state index in [0.29, 0.717) is 0 Å². The van der Waals surface area contributed by atoms with Gasteiger partial charge in [-0.1, -0.05) is 0 Å². The van der Waals surface area contributed by atoms with Crippen LogP contribution in [-0.4, -0.2) is 14.4 Å². The van der Waals surface area contributed by atoms with Crippen LogP contribution in [0.3, 0.4) is 0 Å². The van der Waals surface area contributed by atoms with E-state index in [9.17, 15) is 5.26 Å². The molecule has 4 saturated carbocycles. The molecule has 4 fully saturated rings. The van der Waals surface area contributed by atoms with Gasteiger partial charge in [0.15, 0.2) is 8.32 Å². The topological polar surface area (TPSA) is 33.0 Å². The lowest BCUT2D eigenvalue weighted by molar-refractivity contribution is -0.0966. The van der Waals surface area contributed by atoms with Crippen LogP contribution in [0.15, 0.2) is 0 Å². The molecule has 4 bridgehead atoms. The smallest absolute Gasteiger partial charge is 0.185 e. The van der Waals surface area contributed by atoms with Crippen molar-refractivity contribution in [1.82, 2.24) is 0 Å². The summed E-state index contributed by atoms with van der Waals surface area (Å²) >= 11 is 0. The summed E-state index contributed by atoms with van der Waals surface area (Å²) in [6, 6.07) is 2.53. The second-order valence-corrected chi connectivity index (χ2v) is 12.5. The highest BCUT2D eigenvalue weighted by Crippen LogP contribution is 2.61. The molecule has 100 valence electrons. The van der Waals surface area contributed by atoms with E-state index in [0.717, 1.165) is 17.8 Å². The van der Waals surface area contributed by atoms with Crippen molar-refractivity contribution in [3.05, 3.63) is 0 Å². The average Bonchev–Trinajstić information content (AvgIpc) is 2.22. The Morgan fingerprint density at radius 2 is 1.50 bits per heavy atom. The third kappa shape index (κ3) is 2.14. The highest BCUT2D eigenvalue weighted by molar-refractivity contribution is 6.69. The van der Waals surface area contributed by atoms with Crippen LogP contribution < -0.4 is 0 Å². The SMILES string of the molecule is C[Si](C)(C)O[C@@H](C#N)C12CC3CC(CC(C3)C1)C2. The molecule has 0 amide bonds. The largest absolute Gasteiger partial charge is 0.402 e. The zero-order chi connectivity index (χ0) is 13.0. The highest BCUT2D eigenvalue weighted by atomic mass is 28.4. The lowest BCUT2D eigenvalue weighted by Gasteiger charge is -2.58. The Morgan fingerprint density at radius 3 is 1.83 bits per heavy atom. The molecule has 18 heavy (non-hydrogen) atoms. The highest BCUT2D eigenvalue weighted by Gasteiger charge is 2.55. The van der Waals surface area contributed by atoms with Gasteiger partial charge in [0.25, 0.3) is 0 Å². The summed E-state index contributed by atoms with van der Waals surface area (Å²) in [5.41, 5.74) is 0.226. The van der Waals surface area contributed by atoms with Crippen molar-refractivity contribution in [3.8, 4) is 6.07 Å². The fraction of sp³-hybridized carbons (Fsp3) is 0.933. The maximum atomic E-state index is 9.60. The lowest BCUT2D eigenvalue weighted by atomic mass is 9.48. The van der Waals surface area contributed by atoms with Crippen LogP contribution in [-0.2, 0) is 4.43 Å². The summed E-state index contributed by atoms with van der Waals surface area (Å²) in [4.78, 5) is 0. The Bertz CT molecular complexity index is 344. The van der Waals surface area contributed by atoms with Gasteiger partial charge in [0, 0.05) is 5.41 Å². The number of nitriles is 1. The van der Waals surface area contributed by atoms with Gasteiger partial charge < -0.3 is 4.43 Å². The second kappa shape index (κ2) is 4.08. The minimum Gasteiger partial charge on any atom is -0.402 e. The molecule has 0 unspecified atom stereocenters. The maximum absolute atomic E-state index is 9.60. The van der Waals surface area contributed by atoms with Crippen LogP contribution in [0.1, 0.15) is 38.5 Å². The average molecular weight is 263 g/mol. The first-order chi connectivity index (χ1) is 8.40. The van der Waals surface area contributed by atoms with E-state index in [1.807, 2.05) is 0 Å². The van der Waals surface area contributed by atoms with E-state index in [1.165, 1.54) is 38.5 Å². The Morgan fingerprint density at radius 1 is 1.06 bits per heavy atom. The molecule has 0 saturated heterocycles. The lowest BCUT2D eigenvalue weighted by Crippen LogP contribution is -2.53. The predicted octanol–water partition coefficient (Wildman–Crippen LogP) is 3.95. The summed E-state index contributed by atoms with van der Waals surface area (Å²) < 4.78 is 6.25. The molecule has 4 aliphatic carbocycles. The third-order valence-corrected chi connectivity index (χ3v) is 6.17. The van der Waals surface area contributed by atoms with Crippen LogP contribution in [0.5, 0.6) is 0 Å². The number of nitrogens with zero attached hydrogens (tertiary/aromatic N) is 1. The van der Waals surface area contributed by atoms with Crippen molar-refractivity contribution in [1.29, 1.82) is 5.26 Å². The Hall–Kier alpha value is -0.333. The molecular weight excluding hydrogens is 238 g/mol. The van der Waals surface area contributed by atoms with Gasteiger partial charge in [-0.3, -0.25) is 0 Å². The van der Waals surface area contributed by atoms with E-state index in [1.54, 1.807) is 0 Å². The first-order valence-electron chi connectivity index (χ1n) is 7.48. The van der Waals surface area contributed by atoms with Crippen LogP contribution in [0.25, 0.3) is 0 Å². The first-order valence-corrected chi connectivity index (χ1v) is 10.9. The van der Waals surface area contributed by atoms with Gasteiger partial charge >= 0.3 is 0 Å². The normalized spacial score (nSPS) is 43.8. The molecule has 1 atom stereocenters. The molecule has 4 rings (SSSR count). The first kappa shape index (κ1) is 12.7. The molecule has 0 heterocycles. The van der Waals surface area contributed by atoms with Crippen LogP contribution >= 0.6 is 0 Å². The Balaban J connectivity index is 1.83. The van der Waals surface area contributed by atoms with Gasteiger partial charge in [0.1, 0.15) is 6.10 Å². The molecule has 0 aromatic heterocycles. The van der Waals surface area contributed by atoms with Gasteiger partial charge in [0.2, 0.25) is 0 Å². The number of rotatable bonds is 3. The van der Waals surface area contributed by atoms with Crippen LogP contribution in [0.2, 0.25) is 19.6 Å². The van der Waals surface area contributed by atoms with Crippen molar-refractivity contribution >= 4 is 8.32 Å². The minimum atomic E-state index is -1.62. The maximum Gasteiger partial charge on any atom is 0.185 e. The van der Waals surface area contributed by atoms with Gasteiger partial charge in [-0.2, -0.15) is 5.26 Å². The molecule has 0 aliphatic heterocycles. The summed E-state index contributed by atoms with van der Waals surface area (Å²) in [6.45, 7) is 6.62. The van der Waals surface area contributed by atoms with E-state index in [2.05, 4.69) is 25.7 Å². The zero-order valence-corrected chi connectivity index (χ0v) is 12.9. The molecule has 4 aliphatic rings. The summed E-state index contributed by atoms with van der Waals surface area (Å²) in [5.74, 6) is 2.70. The second-order valence-electron chi connectivity index (χ2n) is 8.02. The Kier molecular flexibility index (Phi) is 2.88. The molecule has 0 radical (unpaired) electrons. The third-order valence-electron chi connectivity index (χ3n) is 5.23. The summed E-state index contributed by atoms with van der Waals surface area (Å²) in [6.07, 6.45) is 7.97. The summed E-state index contributed by atoms with van der Waals surface area (Å²) in [7, 11) is -1.62. The summed E-state index contributed by atoms with van der Waals surface area (Å²) in [5, 5.41) is 9.60. The van der Waals surface area contributed by atoms with Gasteiger partial charge in [-0.05, 0) is 75.9 Å². The molecule has 2 nitrogen and oxygen atoms in total. The van der Waals surface area contributed by atoms with Crippen LogP contribution in [0.4, 0.5) is 0 Å². The van der Waals surface area contributed by atoms with Gasteiger partial charge in [-0.15, -0.1) is 0 Å². The van der Waals surface area contributed by atoms with Crippen molar-refractivity contribution in [2.24, 2.45) is 23.2 Å². The molecule has 3 heteroatoms. The standard InChI is InChI=1S/C15H25NOSi/c1-18(2,3)17-14(10-16)15-7-11-4-12(8-15)6-13(5-11)9-15/h11-14H,4-9H2,1-3H3/t11?,12?,13?,14-,15?/m0/s1. The number of hydrogen-bond acceptors (Lipinski definition) is 2. The predicted molar refractivity (Wildman–Crippen MR) is 74.4 cm³/mol. The van der Waals surface area contributed by atoms with Crippen molar-refractivity contribution in [2.75, 3.05) is 0 Å². The Labute approximate surface area is 112 Å². The fourth-order valence-electron chi connectivity index (χ4n) is 5.14.